The van der Waals surface area contributed by atoms with Crippen LogP contribution in [-0.4, -0.2) is 49.1 Å². The van der Waals surface area contributed by atoms with E-state index in [0.717, 1.165) is 50.7 Å². The number of amides is 1. The molecule has 0 aliphatic carbocycles. The number of carbonyl (C=O) groups is 1. The number of benzene rings is 2. The summed E-state index contributed by atoms with van der Waals surface area (Å²) >= 11 is 0. The highest BCUT2D eigenvalue weighted by Crippen LogP contribution is 2.21. The van der Waals surface area contributed by atoms with Gasteiger partial charge in [0.05, 0.1) is 19.0 Å². The maximum atomic E-state index is 13.0. The van der Waals surface area contributed by atoms with Crippen molar-refractivity contribution in [2.24, 2.45) is 0 Å². The van der Waals surface area contributed by atoms with Crippen LogP contribution < -0.4 is 15.0 Å². The Bertz CT molecular complexity index is 1040. The molecule has 3 aromatic rings. The first-order chi connectivity index (χ1) is 15.6. The molecule has 1 amide bonds. The monoisotopic (exact) mass is 434 g/mol. The van der Waals surface area contributed by atoms with Crippen molar-refractivity contribution < 1.29 is 13.9 Å². The number of para-hydroxylation sites is 1. The Kier molecular flexibility index (Phi) is 6.97. The van der Waals surface area contributed by atoms with E-state index in [1.807, 2.05) is 30.3 Å². The molecule has 1 aliphatic rings. The van der Waals surface area contributed by atoms with Crippen LogP contribution in [0.4, 0.5) is 15.9 Å². The highest BCUT2D eigenvalue weighted by molar-refractivity contribution is 6.04. The van der Waals surface area contributed by atoms with Crippen LogP contribution >= 0.6 is 0 Å². The fraction of sp³-hybridized carbons (Fsp3) is 0.280. The van der Waals surface area contributed by atoms with Crippen molar-refractivity contribution in [2.45, 2.75) is 13.0 Å². The Morgan fingerprint density at radius 3 is 2.59 bits per heavy atom. The molecule has 1 fully saturated rings. The molecule has 166 valence electrons. The summed E-state index contributed by atoms with van der Waals surface area (Å²) in [5.74, 6) is 1.16. The number of halogens is 1. The summed E-state index contributed by atoms with van der Waals surface area (Å²) in [6, 6.07) is 17.4. The maximum absolute atomic E-state index is 13.0. The Labute approximate surface area is 187 Å². The molecule has 6 nitrogen and oxygen atoms in total. The number of ether oxygens (including phenoxy) is 1. The van der Waals surface area contributed by atoms with Crippen molar-refractivity contribution in [3.05, 3.63) is 83.8 Å². The molecule has 4 rings (SSSR count). The van der Waals surface area contributed by atoms with Gasteiger partial charge in [0.15, 0.2) is 0 Å². The van der Waals surface area contributed by atoms with E-state index in [1.54, 1.807) is 13.3 Å². The molecule has 1 aromatic heterocycles. The van der Waals surface area contributed by atoms with Gasteiger partial charge in [-0.15, -0.1) is 0 Å². The number of nitrogens with one attached hydrogen (secondary N) is 1. The zero-order valence-electron chi connectivity index (χ0n) is 18.1. The molecule has 2 heterocycles. The lowest BCUT2D eigenvalue weighted by molar-refractivity contribution is 0.102. The van der Waals surface area contributed by atoms with Gasteiger partial charge in [-0.05, 0) is 48.9 Å². The number of anilines is 2. The molecule has 0 spiro atoms. The van der Waals surface area contributed by atoms with Crippen LogP contribution in [0.15, 0.2) is 66.9 Å². The quantitative estimate of drug-likeness (QED) is 0.630. The summed E-state index contributed by atoms with van der Waals surface area (Å²) in [6.07, 6.45) is 2.70. The van der Waals surface area contributed by atoms with Gasteiger partial charge < -0.3 is 15.0 Å². The number of hydrogen-bond acceptors (Lipinski definition) is 5. The van der Waals surface area contributed by atoms with Gasteiger partial charge in [0.2, 0.25) is 0 Å². The highest BCUT2D eigenvalue weighted by atomic mass is 19.1. The average molecular weight is 435 g/mol. The third-order valence-electron chi connectivity index (χ3n) is 5.61. The molecule has 0 saturated carbocycles. The largest absolute Gasteiger partial charge is 0.496 e. The lowest BCUT2D eigenvalue weighted by Crippen LogP contribution is -2.31. The SMILES string of the molecule is COc1ccccc1CN1CCCN(c2ccc(NC(=O)c3ccc(F)cc3)cn2)CC1. The van der Waals surface area contributed by atoms with E-state index < -0.39 is 0 Å². The van der Waals surface area contributed by atoms with E-state index in [9.17, 15) is 9.18 Å². The fourth-order valence-corrected chi connectivity index (χ4v) is 3.88. The first-order valence-corrected chi connectivity index (χ1v) is 10.7. The minimum absolute atomic E-state index is 0.290. The van der Waals surface area contributed by atoms with E-state index in [1.165, 1.54) is 29.8 Å². The van der Waals surface area contributed by atoms with Crippen molar-refractivity contribution in [1.29, 1.82) is 0 Å². The van der Waals surface area contributed by atoms with Gasteiger partial charge in [-0.2, -0.15) is 0 Å². The summed E-state index contributed by atoms with van der Waals surface area (Å²) in [4.78, 5) is 21.6. The smallest absolute Gasteiger partial charge is 0.255 e. The summed E-state index contributed by atoms with van der Waals surface area (Å²) < 4.78 is 18.5. The molecule has 0 radical (unpaired) electrons. The number of pyridine rings is 1. The van der Waals surface area contributed by atoms with Crippen LogP contribution in [0.5, 0.6) is 5.75 Å². The molecular formula is C25H27FN4O2. The molecule has 0 atom stereocenters. The molecule has 32 heavy (non-hydrogen) atoms. The normalized spacial score (nSPS) is 14.6. The lowest BCUT2D eigenvalue weighted by Gasteiger charge is -2.23. The molecule has 2 aromatic carbocycles. The second-order valence-corrected chi connectivity index (χ2v) is 7.79. The van der Waals surface area contributed by atoms with Crippen LogP contribution in [0, 0.1) is 5.82 Å². The second kappa shape index (κ2) is 10.2. The Balaban J connectivity index is 1.34. The van der Waals surface area contributed by atoms with Crippen molar-refractivity contribution in [1.82, 2.24) is 9.88 Å². The number of nitrogens with zero attached hydrogens (tertiary/aromatic N) is 3. The van der Waals surface area contributed by atoms with E-state index in [-0.39, 0.29) is 11.7 Å². The van der Waals surface area contributed by atoms with E-state index in [4.69, 9.17) is 4.74 Å². The fourth-order valence-electron chi connectivity index (χ4n) is 3.88. The minimum Gasteiger partial charge on any atom is -0.496 e. The van der Waals surface area contributed by atoms with Gasteiger partial charge in [-0.25, -0.2) is 9.37 Å². The summed E-state index contributed by atoms with van der Waals surface area (Å²) in [7, 11) is 1.71. The van der Waals surface area contributed by atoms with Crippen LogP contribution in [0.1, 0.15) is 22.3 Å². The number of carbonyl (C=O) groups excluding carboxylic acids is 1. The second-order valence-electron chi connectivity index (χ2n) is 7.79. The molecule has 7 heteroatoms. The molecular weight excluding hydrogens is 407 g/mol. The van der Waals surface area contributed by atoms with Gasteiger partial charge in [-0.3, -0.25) is 9.69 Å². The number of rotatable bonds is 6. The summed E-state index contributed by atoms with van der Waals surface area (Å²) in [5, 5.41) is 2.80. The van der Waals surface area contributed by atoms with Gasteiger partial charge in [0.1, 0.15) is 17.4 Å². The highest BCUT2D eigenvalue weighted by Gasteiger charge is 2.17. The number of aromatic nitrogens is 1. The predicted molar refractivity (Wildman–Crippen MR) is 124 cm³/mol. The summed E-state index contributed by atoms with van der Waals surface area (Å²) in [5.41, 5.74) is 2.21. The van der Waals surface area contributed by atoms with Crippen molar-refractivity contribution >= 4 is 17.4 Å². The zero-order chi connectivity index (χ0) is 22.3. The van der Waals surface area contributed by atoms with Crippen LogP contribution in [0.25, 0.3) is 0 Å². The van der Waals surface area contributed by atoms with Crippen molar-refractivity contribution in [3.63, 3.8) is 0 Å². The third kappa shape index (κ3) is 5.42. The molecule has 1 N–H and O–H groups in total. The van der Waals surface area contributed by atoms with E-state index in [2.05, 4.69) is 26.2 Å². The van der Waals surface area contributed by atoms with E-state index in [0.29, 0.717) is 11.3 Å². The van der Waals surface area contributed by atoms with Gasteiger partial charge in [0, 0.05) is 43.9 Å². The first-order valence-electron chi connectivity index (χ1n) is 10.7. The van der Waals surface area contributed by atoms with E-state index >= 15 is 0 Å². The molecule has 0 bridgehead atoms. The maximum Gasteiger partial charge on any atom is 0.255 e. The molecule has 1 aliphatic heterocycles. The topological polar surface area (TPSA) is 57.7 Å². The standard InChI is InChI=1S/C25H27FN4O2/c1-32-23-6-3-2-5-20(23)18-29-13-4-14-30(16-15-29)24-12-11-22(17-27-24)28-25(31)19-7-9-21(26)10-8-19/h2-3,5-12,17H,4,13-16,18H2,1H3,(H,28,31). The number of hydrogen-bond donors (Lipinski definition) is 1. The average Bonchev–Trinajstić information content (AvgIpc) is 3.06. The summed E-state index contributed by atoms with van der Waals surface area (Å²) in [6.45, 7) is 4.61. The molecule has 1 saturated heterocycles. The Hall–Kier alpha value is -3.45. The Morgan fingerprint density at radius 1 is 1.03 bits per heavy atom. The van der Waals surface area contributed by atoms with Crippen LogP contribution in [0.3, 0.4) is 0 Å². The zero-order valence-corrected chi connectivity index (χ0v) is 18.1. The van der Waals surface area contributed by atoms with Gasteiger partial charge >= 0.3 is 0 Å². The van der Waals surface area contributed by atoms with Crippen molar-refractivity contribution in [3.8, 4) is 5.75 Å². The Morgan fingerprint density at radius 2 is 1.84 bits per heavy atom. The first kappa shape index (κ1) is 21.8. The van der Waals surface area contributed by atoms with Crippen LogP contribution in [0.2, 0.25) is 0 Å². The van der Waals surface area contributed by atoms with Gasteiger partial charge in [-0.1, -0.05) is 18.2 Å². The van der Waals surface area contributed by atoms with Crippen molar-refractivity contribution in [2.75, 3.05) is 43.5 Å². The third-order valence-corrected chi connectivity index (χ3v) is 5.61. The predicted octanol–water partition coefficient (Wildman–Crippen LogP) is 4.19. The number of methoxy groups -OCH3 is 1. The minimum atomic E-state index is -0.369. The van der Waals surface area contributed by atoms with Gasteiger partial charge in [0.25, 0.3) is 5.91 Å². The van der Waals surface area contributed by atoms with Crippen LogP contribution in [-0.2, 0) is 6.54 Å². The molecule has 0 unspecified atom stereocenters. The lowest BCUT2D eigenvalue weighted by atomic mass is 10.2.